The minimum absolute atomic E-state index is 0.0601. The lowest BCUT2D eigenvalue weighted by atomic mass is 9.77. The monoisotopic (exact) mass is 586 g/mol. The summed E-state index contributed by atoms with van der Waals surface area (Å²) in [5.74, 6) is -0.207. The van der Waals surface area contributed by atoms with E-state index >= 15 is 0 Å². The lowest BCUT2D eigenvalue weighted by molar-refractivity contribution is 0.0713. The molecule has 1 atom stereocenters. The number of nitrogens with one attached hydrogen (secondary N) is 1. The van der Waals surface area contributed by atoms with Crippen molar-refractivity contribution in [1.82, 2.24) is 15.1 Å². The molecule has 1 spiro atoms. The van der Waals surface area contributed by atoms with Crippen LogP contribution >= 0.6 is 23.2 Å². The Morgan fingerprint density at radius 3 is 2.59 bits per heavy atom. The molecule has 6 nitrogen and oxygen atoms in total. The molecule has 0 aromatic heterocycles. The van der Waals surface area contributed by atoms with E-state index in [4.69, 9.17) is 23.2 Å². The highest BCUT2D eigenvalue weighted by atomic mass is 35.5. The smallest absolute Gasteiger partial charge is 0.253 e. The van der Waals surface area contributed by atoms with Crippen LogP contribution in [-0.2, 0) is 13.0 Å². The predicted molar refractivity (Wildman–Crippen MR) is 160 cm³/mol. The summed E-state index contributed by atoms with van der Waals surface area (Å²) in [6, 6.07) is 20.9. The number of rotatable bonds is 5. The molecule has 2 fully saturated rings. The Hall–Kier alpha value is -3.37. The maximum absolute atomic E-state index is 13.6. The maximum Gasteiger partial charge on any atom is 0.253 e. The number of fused-ring (bicyclic) bond motifs is 1. The number of piperidine rings is 1. The largest absolute Gasteiger partial charge is 0.345 e. The standard InChI is InChI=1S/C33H32Cl2N4O2/c34-28-7-3-6-26(30(28)35)31(40)37-29-11-10-22-8-9-23(18-27(22)29)32(41)39-17-14-33(21-39)12-15-38(16-13-33)20-25-5-2-1-4-24(25)19-36/h1-9,18,29H,10-17,20-21H2,(H,37,40). The van der Waals surface area contributed by atoms with Gasteiger partial charge in [-0.25, -0.2) is 0 Å². The summed E-state index contributed by atoms with van der Waals surface area (Å²) in [5.41, 5.74) is 5.17. The van der Waals surface area contributed by atoms with Crippen molar-refractivity contribution in [2.75, 3.05) is 26.2 Å². The molecular formula is C33H32Cl2N4O2. The molecule has 2 heterocycles. The molecular weight excluding hydrogens is 555 g/mol. The first-order valence-corrected chi connectivity index (χ1v) is 15.0. The van der Waals surface area contributed by atoms with Crippen LogP contribution in [0.1, 0.15) is 74.7 Å². The third kappa shape index (κ3) is 5.59. The minimum Gasteiger partial charge on any atom is -0.345 e. The summed E-state index contributed by atoms with van der Waals surface area (Å²) in [7, 11) is 0. The second-order valence-corrected chi connectivity index (χ2v) is 12.4. The van der Waals surface area contributed by atoms with Crippen LogP contribution in [0, 0.1) is 16.7 Å². The highest BCUT2D eigenvalue weighted by Crippen LogP contribution is 2.41. The Labute approximate surface area is 250 Å². The molecule has 41 heavy (non-hydrogen) atoms. The number of amides is 2. The first-order valence-electron chi connectivity index (χ1n) is 14.2. The van der Waals surface area contributed by atoms with Gasteiger partial charge < -0.3 is 10.2 Å². The van der Waals surface area contributed by atoms with Gasteiger partial charge in [0.1, 0.15) is 0 Å². The molecule has 1 unspecified atom stereocenters. The molecule has 2 amide bonds. The van der Waals surface area contributed by atoms with E-state index in [1.807, 2.05) is 47.4 Å². The molecule has 2 aliphatic heterocycles. The Bertz CT molecular complexity index is 1540. The second kappa shape index (κ2) is 11.5. The van der Waals surface area contributed by atoms with Gasteiger partial charge in [-0.3, -0.25) is 14.5 Å². The van der Waals surface area contributed by atoms with Crippen molar-refractivity contribution >= 4 is 35.0 Å². The van der Waals surface area contributed by atoms with Crippen LogP contribution in [0.3, 0.4) is 0 Å². The van der Waals surface area contributed by atoms with Crippen LogP contribution in [-0.4, -0.2) is 47.8 Å². The van der Waals surface area contributed by atoms with Gasteiger partial charge in [0, 0.05) is 25.2 Å². The van der Waals surface area contributed by atoms with Gasteiger partial charge in [0.05, 0.1) is 33.3 Å². The topological polar surface area (TPSA) is 76.4 Å². The summed E-state index contributed by atoms with van der Waals surface area (Å²) in [4.78, 5) is 31.1. The summed E-state index contributed by atoms with van der Waals surface area (Å²) in [5, 5.41) is 13.1. The summed E-state index contributed by atoms with van der Waals surface area (Å²) >= 11 is 12.4. The molecule has 3 aromatic rings. The average Bonchev–Trinajstić information content (AvgIpc) is 3.59. The van der Waals surface area contributed by atoms with E-state index in [2.05, 4.69) is 16.3 Å². The fraction of sp³-hybridized carbons (Fsp3) is 0.364. The van der Waals surface area contributed by atoms with Crippen LogP contribution < -0.4 is 5.32 Å². The number of nitriles is 1. The van der Waals surface area contributed by atoms with E-state index in [-0.39, 0.29) is 28.3 Å². The number of halogens is 2. The summed E-state index contributed by atoms with van der Waals surface area (Å²) in [6.45, 7) is 4.27. The van der Waals surface area contributed by atoms with E-state index in [1.165, 1.54) is 0 Å². The van der Waals surface area contributed by atoms with Crippen LogP contribution in [0.15, 0.2) is 60.7 Å². The molecule has 210 valence electrons. The Kier molecular flexibility index (Phi) is 7.78. The van der Waals surface area contributed by atoms with E-state index in [0.717, 1.165) is 87.1 Å². The molecule has 3 aromatic carbocycles. The molecule has 0 saturated carbocycles. The molecule has 8 heteroatoms. The van der Waals surface area contributed by atoms with E-state index in [0.29, 0.717) is 16.1 Å². The first-order chi connectivity index (χ1) is 19.9. The van der Waals surface area contributed by atoms with Crippen LogP contribution in [0.5, 0.6) is 0 Å². The Morgan fingerprint density at radius 1 is 1.00 bits per heavy atom. The van der Waals surface area contributed by atoms with Crippen molar-refractivity contribution in [3.8, 4) is 6.07 Å². The summed E-state index contributed by atoms with van der Waals surface area (Å²) < 4.78 is 0. The number of carbonyl (C=O) groups is 2. The number of likely N-dealkylation sites (tertiary alicyclic amines) is 2. The van der Waals surface area contributed by atoms with E-state index in [1.54, 1.807) is 18.2 Å². The molecule has 3 aliphatic rings. The number of hydrogen-bond acceptors (Lipinski definition) is 4. The molecule has 0 radical (unpaired) electrons. The molecule has 0 bridgehead atoms. The highest BCUT2D eigenvalue weighted by molar-refractivity contribution is 6.43. The second-order valence-electron chi connectivity index (χ2n) is 11.6. The number of nitrogens with zero attached hydrogens (tertiary/aromatic N) is 3. The third-order valence-corrected chi connectivity index (χ3v) is 9.97. The SMILES string of the molecule is N#Cc1ccccc1CN1CCC2(CC1)CCN(C(=O)c1ccc3c(c1)C(NC(=O)c1cccc(Cl)c1Cl)CC3)C2. The lowest BCUT2D eigenvalue weighted by Crippen LogP contribution is -2.42. The van der Waals surface area contributed by atoms with Gasteiger partial charge in [0.2, 0.25) is 0 Å². The average molecular weight is 588 g/mol. The molecule has 6 rings (SSSR count). The van der Waals surface area contributed by atoms with Crippen molar-refractivity contribution in [1.29, 1.82) is 5.26 Å². The fourth-order valence-corrected chi connectivity index (χ4v) is 7.08. The summed E-state index contributed by atoms with van der Waals surface area (Å²) in [6.07, 6.45) is 4.75. The number of hydrogen-bond donors (Lipinski definition) is 1. The zero-order valence-corrected chi connectivity index (χ0v) is 24.3. The zero-order valence-electron chi connectivity index (χ0n) is 22.8. The van der Waals surface area contributed by atoms with Crippen LogP contribution in [0.2, 0.25) is 10.0 Å². The van der Waals surface area contributed by atoms with Gasteiger partial charge in [-0.05, 0) is 97.6 Å². The van der Waals surface area contributed by atoms with E-state index < -0.39 is 0 Å². The maximum atomic E-state index is 13.6. The normalized spacial score (nSPS) is 19.6. The Balaban J connectivity index is 1.09. The van der Waals surface area contributed by atoms with Crippen molar-refractivity contribution < 1.29 is 9.59 Å². The van der Waals surface area contributed by atoms with Gasteiger partial charge in [0.15, 0.2) is 0 Å². The van der Waals surface area contributed by atoms with Crippen molar-refractivity contribution in [3.05, 3.63) is 104 Å². The first kappa shape index (κ1) is 27.8. The predicted octanol–water partition coefficient (Wildman–Crippen LogP) is 6.41. The molecule has 2 saturated heterocycles. The van der Waals surface area contributed by atoms with Crippen LogP contribution in [0.4, 0.5) is 0 Å². The third-order valence-electron chi connectivity index (χ3n) is 9.15. The van der Waals surface area contributed by atoms with Gasteiger partial charge in [-0.2, -0.15) is 5.26 Å². The van der Waals surface area contributed by atoms with Gasteiger partial charge >= 0.3 is 0 Å². The Morgan fingerprint density at radius 2 is 1.78 bits per heavy atom. The lowest BCUT2D eigenvalue weighted by Gasteiger charge is -2.39. The number of benzene rings is 3. The molecule has 1 aliphatic carbocycles. The minimum atomic E-state index is -0.268. The molecule has 1 N–H and O–H groups in total. The highest BCUT2D eigenvalue weighted by Gasteiger charge is 2.42. The van der Waals surface area contributed by atoms with Gasteiger partial charge in [-0.15, -0.1) is 0 Å². The van der Waals surface area contributed by atoms with Gasteiger partial charge in [0.25, 0.3) is 11.8 Å². The van der Waals surface area contributed by atoms with Crippen molar-refractivity contribution in [2.45, 2.75) is 44.7 Å². The number of aryl methyl sites for hydroxylation is 1. The zero-order chi connectivity index (χ0) is 28.6. The van der Waals surface area contributed by atoms with Crippen LogP contribution in [0.25, 0.3) is 0 Å². The fourth-order valence-electron chi connectivity index (χ4n) is 6.69. The van der Waals surface area contributed by atoms with Crippen molar-refractivity contribution in [2.24, 2.45) is 5.41 Å². The van der Waals surface area contributed by atoms with Gasteiger partial charge in [-0.1, -0.05) is 53.5 Å². The van der Waals surface area contributed by atoms with Crippen molar-refractivity contribution in [3.63, 3.8) is 0 Å². The van der Waals surface area contributed by atoms with E-state index in [9.17, 15) is 14.9 Å². The quantitative estimate of drug-likeness (QED) is 0.374. The number of carbonyl (C=O) groups excluding carboxylic acids is 2.